The van der Waals surface area contributed by atoms with Gasteiger partial charge in [0.15, 0.2) is 0 Å². The number of H-pyrrole nitrogens is 1. The number of aryl methyl sites for hydroxylation is 2. The number of hydrogen-bond acceptors (Lipinski definition) is 2. The topological polar surface area (TPSA) is 48.1 Å². The summed E-state index contributed by atoms with van der Waals surface area (Å²) < 4.78 is 0. The van der Waals surface area contributed by atoms with Gasteiger partial charge in [-0.2, -0.15) is 0 Å². The summed E-state index contributed by atoms with van der Waals surface area (Å²) in [5.74, 6) is 0.486. The largest absolute Gasteiger partial charge is 0.358 e. The average Bonchev–Trinajstić information content (AvgIpc) is 2.73. The summed E-state index contributed by atoms with van der Waals surface area (Å²) in [6.45, 7) is 9.15. The van der Waals surface area contributed by atoms with Gasteiger partial charge in [-0.3, -0.25) is 4.79 Å². The lowest BCUT2D eigenvalue weighted by molar-refractivity contribution is 0.0935. The molecule has 0 radical (unpaired) electrons. The Morgan fingerprint density at radius 3 is 2.55 bits per heavy atom. The second kappa shape index (κ2) is 6.53. The van der Waals surface area contributed by atoms with Crippen LogP contribution in [0.2, 0.25) is 0 Å². The van der Waals surface area contributed by atoms with Crippen molar-refractivity contribution < 1.29 is 4.79 Å². The molecule has 1 unspecified atom stereocenters. The molecule has 4 heteroatoms. The number of nitrogens with zero attached hydrogens (tertiary/aromatic N) is 1. The fourth-order valence-electron chi connectivity index (χ4n) is 2.92. The lowest BCUT2D eigenvalue weighted by atomic mass is 10.0. The molecule has 0 bridgehead atoms. The number of aromatic amines is 1. The molecule has 4 nitrogen and oxygen atoms in total. The van der Waals surface area contributed by atoms with Crippen molar-refractivity contribution in [1.82, 2.24) is 15.2 Å². The van der Waals surface area contributed by atoms with Crippen LogP contribution in [0.3, 0.4) is 0 Å². The summed E-state index contributed by atoms with van der Waals surface area (Å²) in [5, 5.41) is 4.19. The summed E-state index contributed by atoms with van der Waals surface area (Å²) in [6.07, 6.45) is 0. The Morgan fingerprint density at radius 2 is 1.95 bits per heavy atom. The fraction of sp³-hybridized carbons (Fsp3) is 0.500. The molecule has 120 valence electrons. The number of aromatic nitrogens is 1. The minimum atomic E-state index is -0.00680. The zero-order valence-corrected chi connectivity index (χ0v) is 14.4. The van der Waals surface area contributed by atoms with E-state index < -0.39 is 0 Å². The molecule has 2 rings (SSSR count). The summed E-state index contributed by atoms with van der Waals surface area (Å²) in [5.41, 5.74) is 4.16. The zero-order valence-electron chi connectivity index (χ0n) is 14.4. The Kier molecular flexibility index (Phi) is 4.91. The third-order valence-corrected chi connectivity index (χ3v) is 4.48. The van der Waals surface area contributed by atoms with E-state index in [1.807, 2.05) is 18.2 Å². The molecular weight excluding hydrogens is 274 g/mol. The van der Waals surface area contributed by atoms with Gasteiger partial charge in [-0.1, -0.05) is 13.8 Å². The maximum atomic E-state index is 12.4. The Balaban J connectivity index is 2.14. The first kappa shape index (κ1) is 16.6. The van der Waals surface area contributed by atoms with Gasteiger partial charge in [-0.15, -0.1) is 0 Å². The minimum Gasteiger partial charge on any atom is -0.358 e. The number of amides is 1. The van der Waals surface area contributed by atoms with E-state index in [2.05, 4.69) is 57.0 Å². The Morgan fingerprint density at radius 1 is 1.27 bits per heavy atom. The van der Waals surface area contributed by atoms with Crippen LogP contribution in [0.1, 0.15) is 35.5 Å². The number of carbonyl (C=O) groups excluding carboxylic acids is 1. The minimum absolute atomic E-state index is 0.00680. The molecule has 1 aromatic heterocycles. The molecule has 1 heterocycles. The summed E-state index contributed by atoms with van der Waals surface area (Å²) in [7, 11) is 4.10. The van der Waals surface area contributed by atoms with E-state index in [9.17, 15) is 4.79 Å². The highest BCUT2D eigenvalue weighted by atomic mass is 16.1. The van der Waals surface area contributed by atoms with Crippen LogP contribution >= 0.6 is 0 Å². The standard InChI is InChI=1S/C18H27N3O/c1-11(2)17(21(5)6)10-19-18(22)14-7-8-16-15(9-14)12(3)13(4)20-16/h7-9,11,17,20H,10H2,1-6H3,(H,19,22). The van der Waals surface area contributed by atoms with E-state index in [1.54, 1.807) is 0 Å². The van der Waals surface area contributed by atoms with Gasteiger partial charge < -0.3 is 15.2 Å². The van der Waals surface area contributed by atoms with Crippen molar-refractivity contribution >= 4 is 16.8 Å². The molecule has 0 aliphatic rings. The van der Waals surface area contributed by atoms with Crippen LogP contribution in [0.25, 0.3) is 10.9 Å². The monoisotopic (exact) mass is 301 g/mol. The number of carbonyl (C=O) groups is 1. The van der Waals surface area contributed by atoms with Crippen molar-refractivity contribution in [3.05, 3.63) is 35.0 Å². The smallest absolute Gasteiger partial charge is 0.251 e. The number of hydrogen-bond donors (Lipinski definition) is 2. The molecule has 22 heavy (non-hydrogen) atoms. The van der Waals surface area contributed by atoms with E-state index in [1.165, 1.54) is 5.56 Å². The molecule has 0 aliphatic heterocycles. The quantitative estimate of drug-likeness (QED) is 0.891. The van der Waals surface area contributed by atoms with E-state index in [0.29, 0.717) is 18.5 Å². The van der Waals surface area contributed by atoms with Crippen molar-refractivity contribution in [2.24, 2.45) is 5.92 Å². The zero-order chi connectivity index (χ0) is 16.4. The first-order chi connectivity index (χ1) is 10.3. The molecule has 2 aromatic rings. The Hall–Kier alpha value is -1.81. The normalized spacial score (nSPS) is 13.1. The van der Waals surface area contributed by atoms with Gasteiger partial charge in [-0.05, 0) is 57.6 Å². The van der Waals surface area contributed by atoms with Crippen molar-refractivity contribution in [3.63, 3.8) is 0 Å². The van der Waals surface area contributed by atoms with Crippen LogP contribution in [-0.2, 0) is 0 Å². The number of rotatable bonds is 5. The van der Waals surface area contributed by atoms with Gasteiger partial charge in [0, 0.05) is 34.7 Å². The van der Waals surface area contributed by atoms with Gasteiger partial charge >= 0.3 is 0 Å². The van der Waals surface area contributed by atoms with Crippen molar-refractivity contribution in [3.8, 4) is 0 Å². The first-order valence-corrected chi connectivity index (χ1v) is 7.84. The Bertz CT molecular complexity index is 662. The third kappa shape index (κ3) is 3.33. The maximum absolute atomic E-state index is 12.4. The molecule has 1 aromatic carbocycles. The van der Waals surface area contributed by atoms with Gasteiger partial charge in [-0.25, -0.2) is 0 Å². The van der Waals surface area contributed by atoms with Gasteiger partial charge in [0.05, 0.1) is 0 Å². The van der Waals surface area contributed by atoms with Crippen molar-refractivity contribution in [1.29, 1.82) is 0 Å². The predicted molar refractivity (Wildman–Crippen MR) is 92.4 cm³/mol. The highest BCUT2D eigenvalue weighted by Crippen LogP contribution is 2.22. The number of nitrogens with one attached hydrogen (secondary N) is 2. The maximum Gasteiger partial charge on any atom is 0.251 e. The third-order valence-electron chi connectivity index (χ3n) is 4.48. The van der Waals surface area contributed by atoms with Gasteiger partial charge in [0.2, 0.25) is 0 Å². The molecular formula is C18H27N3O. The van der Waals surface area contributed by atoms with Crippen LogP contribution in [0.5, 0.6) is 0 Å². The molecule has 0 saturated carbocycles. The first-order valence-electron chi connectivity index (χ1n) is 7.84. The van der Waals surface area contributed by atoms with Crippen LogP contribution in [0.4, 0.5) is 0 Å². The highest BCUT2D eigenvalue weighted by Gasteiger charge is 2.17. The van der Waals surface area contributed by atoms with Gasteiger partial charge in [0.1, 0.15) is 0 Å². The molecule has 0 spiro atoms. The second-order valence-electron chi connectivity index (χ2n) is 6.62. The van der Waals surface area contributed by atoms with Crippen LogP contribution in [0.15, 0.2) is 18.2 Å². The lowest BCUT2D eigenvalue weighted by Crippen LogP contribution is -2.43. The van der Waals surface area contributed by atoms with Crippen LogP contribution in [-0.4, -0.2) is 42.5 Å². The second-order valence-corrected chi connectivity index (χ2v) is 6.62. The summed E-state index contributed by atoms with van der Waals surface area (Å²) >= 11 is 0. The van der Waals surface area contributed by atoms with Crippen molar-refractivity contribution in [2.75, 3.05) is 20.6 Å². The number of likely N-dealkylation sites (N-methyl/N-ethyl adjacent to an activating group) is 1. The molecule has 1 atom stereocenters. The lowest BCUT2D eigenvalue weighted by Gasteiger charge is -2.28. The summed E-state index contributed by atoms with van der Waals surface area (Å²) in [6, 6.07) is 6.18. The SMILES string of the molecule is Cc1[nH]c2ccc(C(=O)NCC(C(C)C)N(C)C)cc2c1C. The van der Waals surface area contributed by atoms with E-state index in [0.717, 1.165) is 22.2 Å². The molecule has 1 amide bonds. The summed E-state index contributed by atoms with van der Waals surface area (Å²) in [4.78, 5) is 17.9. The van der Waals surface area contributed by atoms with E-state index in [4.69, 9.17) is 0 Å². The molecule has 0 saturated heterocycles. The molecule has 0 aliphatic carbocycles. The predicted octanol–water partition coefficient (Wildman–Crippen LogP) is 3.10. The Labute approximate surface area is 132 Å². The average molecular weight is 301 g/mol. The van der Waals surface area contributed by atoms with E-state index >= 15 is 0 Å². The molecule has 2 N–H and O–H groups in total. The highest BCUT2D eigenvalue weighted by molar-refractivity contribution is 5.99. The molecule has 0 fully saturated rings. The van der Waals surface area contributed by atoms with Crippen LogP contribution in [0, 0.1) is 19.8 Å². The van der Waals surface area contributed by atoms with E-state index in [-0.39, 0.29) is 5.91 Å². The van der Waals surface area contributed by atoms with Crippen LogP contribution < -0.4 is 5.32 Å². The fourth-order valence-corrected chi connectivity index (χ4v) is 2.92. The van der Waals surface area contributed by atoms with Gasteiger partial charge in [0.25, 0.3) is 5.91 Å². The van der Waals surface area contributed by atoms with Crippen molar-refractivity contribution in [2.45, 2.75) is 33.7 Å². The number of fused-ring (bicyclic) bond motifs is 1. The number of benzene rings is 1.